The summed E-state index contributed by atoms with van der Waals surface area (Å²) in [6.45, 7) is 5.54. The predicted octanol–water partition coefficient (Wildman–Crippen LogP) is 4.34. The Bertz CT molecular complexity index is 1080. The normalized spacial score (nSPS) is 14.1. The van der Waals surface area contributed by atoms with Crippen molar-refractivity contribution in [1.82, 2.24) is 14.6 Å². The second-order valence-corrected chi connectivity index (χ2v) is 7.05. The summed E-state index contributed by atoms with van der Waals surface area (Å²) in [4.78, 5) is 16.1. The summed E-state index contributed by atoms with van der Waals surface area (Å²) in [5.74, 6) is 0.296. The molecule has 1 aromatic carbocycles. The predicted molar refractivity (Wildman–Crippen MR) is 94.6 cm³/mol. The quantitative estimate of drug-likeness (QED) is 0.726. The fourth-order valence-corrected chi connectivity index (χ4v) is 3.41. The minimum absolute atomic E-state index is 0.0179. The number of carbonyl (C=O) groups excluding carboxylic acids is 1. The number of hydrogen-bond donors (Lipinski definition) is 1. The van der Waals surface area contributed by atoms with Crippen LogP contribution in [0, 0.1) is 6.92 Å². The second kappa shape index (κ2) is 5.80. The van der Waals surface area contributed by atoms with E-state index in [9.17, 15) is 18.0 Å². The van der Waals surface area contributed by atoms with E-state index in [0.717, 1.165) is 6.07 Å². The van der Waals surface area contributed by atoms with Crippen molar-refractivity contribution in [2.45, 2.75) is 39.3 Å². The molecule has 3 aromatic rings. The van der Waals surface area contributed by atoms with Gasteiger partial charge in [0.25, 0.3) is 0 Å². The maximum atomic E-state index is 13.7. The number of aromatic nitrogens is 3. The number of anilines is 1. The third-order valence-corrected chi connectivity index (χ3v) is 4.67. The molecule has 1 aliphatic heterocycles. The number of nitrogens with one attached hydrogen (secondary N) is 1. The monoisotopic (exact) mass is 374 g/mol. The van der Waals surface area contributed by atoms with E-state index in [2.05, 4.69) is 15.4 Å². The number of hydrogen-bond acceptors (Lipinski definition) is 3. The van der Waals surface area contributed by atoms with Crippen LogP contribution in [0.25, 0.3) is 16.8 Å². The molecule has 1 amide bonds. The average Bonchev–Trinajstić information content (AvgIpc) is 3.15. The summed E-state index contributed by atoms with van der Waals surface area (Å²) in [7, 11) is 0. The molecule has 0 aliphatic carbocycles. The molecular formula is C19H17F3N4O. The van der Waals surface area contributed by atoms with Crippen LogP contribution in [0.1, 0.15) is 42.3 Å². The molecule has 4 rings (SSSR count). The average molecular weight is 374 g/mol. The van der Waals surface area contributed by atoms with E-state index >= 15 is 0 Å². The smallest absolute Gasteiger partial charge is 0.325 e. The van der Waals surface area contributed by atoms with Crippen LogP contribution in [0.4, 0.5) is 18.9 Å². The van der Waals surface area contributed by atoms with Crippen LogP contribution in [0.3, 0.4) is 0 Å². The van der Waals surface area contributed by atoms with Crippen LogP contribution in [0.2, 0.25) is 0 Å². The molecule has 27 heavy (non-hydrogen) atoms. The molecule has 1 aliphatic rings. The number of alkyl halides is 3. The van der Waals surface area contributed by atoms with Gasteiger partial charge in [-0.3, -0.25) is 4.79 Å². The first-order valence-electron chi connectivity index (χ1n) is 8.55. The molecule has 1 N–H and O–H groups in total. The molecule has 140 valence electrons. The van der Waals surface area contributed by atoms with Crippen molar-refractivity contribution in [2.24, 2.45) is 0 Å². The zero-order valence-electron chi connectivity index (χ0n) is 15.0. The van der Waals surface area contributed by atoms with Gasteiger partial charge in [0.2, 0.25) is 5.91 Å². The zero-order chi connectivity index (χ0) is 19.5. The third-order valence-electron chi connectivity index (χ3n) is 4.67. The van der Waals surface area contributed by atoms with Crippen LogP contribution in [0.5, 0.6) is 0 Å². The van der Waals surface area contributed by atoms with E-state index in [1.54, 1.807) is 19.1 Å². The van der Waals surface area contributed by atoms with Crippen molar-refractivity contribution in [3.8, 4) is 11.1 Å². The van der Waals surface area contributed by atoms with Crippen molar-refractivity contribution in [3.63, 3.8) is 0 Å². The highest BCUT2D eigenvalue weighted by molar-refractivity contribution is 6.01. The van der Waals surface area contributed by atoms with E-state index in [4.69, 9.17) is 0 Å². The highest BCUT2D eigenvalue weighted by Gasteiger charge is 2.36. The van der Waals surface area contributed by atoms with E-state index in [1.165, 1.54) is 10.7 Å². The number of aryl methyl sites for hydroxylation is 1. The van der Waals surface area contributed by atoms with Crippen molar-refractivity contribution in [2.75, 3.05) is 5.32 Å². The highest BCUT2D eigenvalue weighted by atomic mass is 19.4. The third kappa shape index (κ3) is 2.85. The molecule has 0 atom stereocenters. The number of amides is 1. The van der Waals surface area contributed by atoms with Gasteiger partial charge in [0.15, 0.2) is 11.5 Å². The molecule has 8 heteroatoms. The molecule has 0 fully saturated rings. The minimum atomic E-state index is -4.54. The lowest BCUT2D eigenvalue weighted by atomic mass is 9.95. The van der Waals surface area contributed by atoms with Gasteiger partial charge in [0.05, 0.1) is 12.0 Å². The van der Waals surface area contributed by atoms with Crippen molar-refractivity contribution in [3.05, 3.63) is 46.9 Å². The Morgan fingerprint density at radius 3 is 2.67 bits per heavy atom. The summed E-state index contributed by atoms with van der Waals surface area (Å²) in [6.07, 6.45) is -3.10. The number of pyridine rings is 1. The molecule has 0 radical (unpaired) electrons. The Morgan fingerprint density at radius 2 is 2.00 bits per heavy atom. The topological polar surface area (TPSA) is 59.3 Å². The second-order valence-electron chi connectivity index (χ2n) is 7.05. The number of fused-ring (bicyclic) bond motifs is 2. The van der Waals surface area contributed by atoms with Crippen LogP contribution >= 0.6 is 0 Å². The number of benzene rings is 1. The van der Waals surface area contributed by atoms with Crippen molar-refractivity contribution >= 4 is 17.2 Å². The molecule has 5 nitrogen and oxygen atoms in total. The Hall–Kier alpha value is -2.90. The Kier molecular flexibility index (Phi) is 3.76. The van der Waals surface area contributed by atoms with E-state index in [1.807, 2.05) is 13.8 Å². The first kappa shape index (κ1) is 17.5. The molecular weight excluding hydrogens is 357 g/mol. The summed E-state index contributed by atoms with van der Waals surface area (Å²) < 4.78 is 42.6. The van der Waals surface area contributed by atoms with E-state index in [-0.39, 0.29) is 29.5 Å². The molecule has 3 heterocycles. The van der Waals surface area contributed by atoms with Gasteiger partial charge in [-0.2, -0.15) is 18.3 Å². The first-order valence-corrected chi connectivity index (χ1v) is 8.55. The lowest BCUT2D eigenvalue weighted by Crippen LogP contribution is -2.09. The molecule has 0 bridgehead atoms. The fourth-order valence-electron chi connectivity index (χ4n) is 3.41. The summed E-state index contributed by atoms with van der Waals surface area (Å²) >= 11 is 0. The summed E-state index contributed by atoms with van der Waals surface area (Å²) in [5.41, 5.74) is 1.83. The van der Waals surface area contributed by atoms with Gasteiger partial charge in [0.1, 0.15) is 0 Å². The Labute approximate surface area is 153 Å². The van der Waals surface area contributed by atoms with Crippen LogP contribution in [-0.2, 0) is 17.4 Å². The van der Waals surface area contributed by atoms with Crippen LogP contribution in [0.15, 0.2) is 24.4 Å². The molecule has 0 spiro atoms. The standard InChI is InChI=1S/C19H17F3N4O/c1-9(2)17-24-18-15(13(19(20,21)22)4-5-26(18)25-17)11-6-10(3)16-12(7-11)8-14(27)23-16/h4-7,9H,8H2,1-3H3,(H,23,27). The molecule has 0 unspecified atom stereocenters. The van der Waals surface area contributed by atoms with Gasteiger partial charge in [-0.25, -0.2) is 9.50 Å². The van der Waals surface area contributed by atoms with Gasteiger partial charge < -0.3 is 5.32 Å². The largest absolute Gasteiger partial charge is 0.417 e. The fraction of sp³-hybridized carbons (Fsp3) is 0.316. The number of nitrogens with zero attached hydrogens (tertiary/aromatic N) is 3. The van der Waals surface area contributed by atoms with Crippen molar-refractivity contribution < 1.29 is 18.0 Å². The van der Waals surface area contributed by atoms with Gasteiger partial charge in [-0.15, -0.1) is 0 Å². The SMILES string of the molecule is Cc1cc(-c2c(C(F)(F)F)ccn3nc(C(C)C)nc23)cc2c1NC(=O)C2. The van der Waals surface area contributed by atoms with Crippen molar-refractivity contribution in [1.29, 1.82) is 0 Å². The van der Waals surface area contributed by atoms with Gasteiger partial charge in [-0.05, 0) is 41.8 Å². The van der Waals surface area contributed by atoms with E-state index in [0.29, 0.717) is 28.2 Å². The number of rotatable bonds is 2. The molecule has 0 saturated carbocycles. The van der Waals surface area contributed by atoms with Crippen LogP contribution < -0.4 is 5.32 Å². The lowest BCUT2D eigenvalue weighted by molar-refractivity contribution is -0.137. The first-order chi connectivity index (χ1) is 12.6. The Balaban J connectivity index is 2.04. The Morgan fingerprint density at radius 1 is 1.26 bits per heavy atom. The maximum absolute atomic E-state index is 13.7. The van der Waals surface area contributed by atoms with E-state index < -0.39 is 11.7 Å². The molecule has 2 aromatic heterocycles. The maximum Gasteiger partial charge on any atom is 0.417 e. The number of carbonyl (C=O) groups is 1. The summed E-state index contributed by atoms with van der Waals surface area (Å²) in [6, 6.07) is 4.31. The molecule has 0 saturated heterocycles. The van der Waals surface area contributed by atoms with Gasteiger partial charge in [0, 0.05) is 23.4 Å². The van der Waals surface area contributed by atoms with Gasteiger partial charge in [-0.1, -0.05) is 13.8 Å². The number of halogens is 3. The summed E-state index contributed by atoms with van der Waals surface area (Å²) in [5, 5.41) is 7.05. The zero-order valence-corrected chi connectivity index (χ0v) is 15.0. The lowest BCUT2D eigenvalue weighted by Gasteiger charge is -2.15. The highest BCUT2D eigenvalue weighted by Crippen LogP contribution is 2.41. The minimum Gasteiger partial charge on any atom is -0.325 e. The van der Waals surface area contributed by atoms with Gasteiger partial charge >= 0.3 is 6.18 Å². The van der Waals surface area contributed by atoms with Crippen LogP contribution in [-0.4, -0.2) is 20.5 Å².